The van der Waals surface area contributed by atoms with Gasteiger partial charge < -0.3 is 29.7 Å². The summed E-state index contributed by atoms with van der Waals surface area (Å²) in [5, 5.41) is 6.12. The number of aromatic nitrogens is 3. The number of benzene rings is 2. The Balaban J connectivity index is 1.37. The minimum atomic E-state index is -0.260. The highest BCUT2D eigenvalue weighted by Crippen LogP contribution is 2.32. The number of carbonyl (C=O) groups excluding carboxylic acids is 1. The van der Waals surface area contributed by atoms with Crippen LogP contribution in [-0.2, 0) is 7.05 Å². The van der Waals surface area contributed by atoms with Crippen LogP contribution in [0.2, 0.25) is 0 Å². The van der Waals surface area contributed by atoms with E-state index in [0.29, 0.717) is 17.2 Å². The number of ether oxygens (including phenoxy) is 1. The number of imidazole rings is 1. The van der Waals surface area contributed by atoms with Crippen LogP contribution in [0.5, 0.6) is 11.5 Å². The van der Waals surface area contributed by atoms with Crippen LogP contribution in [0.15, 0.2) is 60.8 Å². The number of rotatable bonds is 7. The predicted molar refractivity (Wildman–Crippen MR) is 142 cm³/mol. The third kappa shape index (κ3) is 4.83. The Morgan fingerprint density at radius 1 is 1.03 bits per heavy atom. The van der Waals surface area contributed by atoms with Gasteiger partial charge in [-0.2, -0.15) is 0 Å². The van der Waals surface area contributed by atoms with Gasteiger partial charge in [-0.3, -0.25) is 9.78 Å². The number of amides is 1. The lowest BCUT2D eigenvalue weighted by molar-refractivity contribution is 0.0958. The molecule has 1 aliphatic rings. The molecule has 186 valence electrons. The molecule has 0 atom stereocenters. The first-order chi connectivity index (χ1) is 17.6. The lowest BCUT2D eigenvalue weighted by atomic mass is 10.2. The van der Waals surface area contributed by atoms with Crippen LogP contribution in [0, 0.1) is 0 Å². The summed E-state index contributed by atoms with van der Waals surface area (Å²) < 4.78 is 8.05. The van der Waals surface area contributed by atoms with Crippen LogP contribution in [0.1, 0.15) is 17.4 Å². The molecule has 0 spiro atoms. The number of pyridine rings is 1. The number of piperazine rings is 1. The van der Waals surface area contributed by atoms with Crippen LogP contribution in [0.4, 0.5) is 17.3 Å². The number of para-hydroxylation sites is 2. The summed E-state index contributed by atoms with van der Waals surface area (Å²) in [6, 6.07) is 17.5. The van der Waals surface area contributed by atoms with Crippen LogP contribution < -0.4 is 20.3 Å². The first kappa shape index (κ1) is 23.6. The highest BCUT2D eigenvalue weighted by atomic mass is 16.5. The fourth-order valence-electron chi connectivity index (χ4n) is 4.50. The normalized spacial score (nSPS) is 14.1. The van der Waals surface area contributed by atoms with E-state index in [1.807, 2.05) is 35.9 Å². The molecular formula is C27H31N7O2. The zero-order chi connectivity index (χ0) is 25.1. The van der Waals surface area contributed by atoms with Gasteiger partial charge in [0.25, 0.3) is 5.91 Å². The minimum Gasteiger partial charge on any atom is -0.457 e. The maximum atomic E-state index is 11.9. The summed E-state index contributed by atoms with van der Waals surface area (Å²) in [6.45, 7) is 7.46. The molecule has 0 aliphatic carbocycles. The van der Waals surface area contributed by atoms with E-state index in [1.54, 1.807) is 25.4 Å². The lowest BCUT2D eigenvalue weighted by Crippen LogP contribution is -2.46. The average Bonchev–Trinajstić information content (AvgIpc) is 3.22. The van der Waals surface area contributed by atoms with Crippen molar-refractivity contribution in [2.75, 3.05) is 50.0 Å². The standard InChI is InChI=1S/C27H31N7O2/c1-4-33-13-15-34(16-14-33)25-8-6-5-7-21(25)30-27-31-22-17-19(9-10-24(22)32(27)3)36-20-11-12-29-23(18-20)26(35)28-2/h5-12,17-18H,4,13-16H2,1-3H3,(H,28,35)(H,30,31). The van der Waals surface area contributed by atoms with Gasteiger partial charge in [-0.15, -0.1) is 0 Å². The van der Waals surface area contributed by atoms with Gasteiger partial charge in [0.15, 0.2) is 0 Å². The van der Waals surface area contributed by atoms with E-state index in [1.165, 1.54) is 5.69 Å². The van der Waals surface area contributed by atoms with E-state index in [2.05, 4.69) is 50.5 Å². The molecular weight excluding hydrogens is 454 g/mol. The van der Waals surface area contributed by atoms with Gasteiger partial charge in [0.05, 0.1) is 22.4 Å². The molecule has 5 rings (SSSR count). The van der Waals surface area contributed by atoms with Gasteiger partial charge in [-0.05, 0) is 36.9 Å². The van der Waals surface area contributed by atoms with Gasteiger partial charge in [-0.1, -0.05) is 19.1 Å². The Bertz CT molecular complexity index is 1380. The maximum Gasteiger partial charge on any atom is 0.269 e. The molecule has 2 aromatic heterocycles. The van der Waals surface area contributed by atoms with Crippen LogP contribution in [0.25, 0.3) is 11.0 Å². The van der Waals surface area contributed by atoms with Gasteiger partial charge in [-0.25, -0.2) is 4.98 Å². The molecule has 0 unspecified atom stereocenters. The van der Waals surface area contributed by atoms with Gasteiger partial charge in [0, 0.05) is 58.6 Å². The molecule has 9 heteroatoms. The Hall–Kier alpha value is -4.11. The molecule has 4 aromatic rings. The summed E-state index contributed by atoms with van der Waals surface area (Å²) in [7, 11) is 3.57. The molecule has 1 amide bonds. The zero-order valence-corrected chi connectivity index (χ0v) is 20.9. The number of aryl methyl sites for hydroxylation is 1. The largest absolute Gasteiger partial charge is 0.457 e. The Morgan fingerprint density at radius 3 is 2.58 bits per heavy atom. The van der Waals surface area contributed by atoms with Crippen LogP contribution in [0.3, 0.4) is 0 Å². The summed E-state index contributed by atoms with van der Waals surface area (Å²) in [4.78, 5) is 25.7. The van der Waals surface area contributed by atoms with Crippen molar-refractivity contribution in [3.05, 3.63) is 66.5 Å². The van der Waals surface area contributed by atoms with Crippen molar-refractivity contribution in [3.63, 3.8) is 0 Å². The summed E-state index contributed by atoms with van der Waals surface area (Å²) in [6.07, 6.45) is 1.56. The molecule has 1 fully saturated rings. The fourth-order valence-corrected chi connectivity index (χ4v) is 4.50. The zero-order valence-electron chi connectivity index (χ0n) is 20.9. The van der Waals surface area contributed by atoms with Crippen molar-refractivity contribution in [3.8, 4) is 11.5 Å². The van der Waals surface area contributed by atoms with Crippen molar-refractivity contribution >= 4 is 34.3 Å². The molecule has 9 nitrogen and oxygen atoms in total. The first-order valence-electron chi connectivity index (χ1n) is 12.2. The molecule has 1 saturated heterocycles. The van der Waals surface area contributed by atoms with Crippen molar-refractivity contribution < 1.29 is 9.53 Å². The molecule has 3 heterocycles. The highest BCUT2D eigenvalue weighted by Gasteiger charge is 2.19. The third-order valence-electron chi connectivity index (χ3n) is 6.59. The number of fused-ring (bicyclic) bond motifs is 1. The molecule has 2 aromatic carbocycles. The monoisotopic (exact) mass is 485 g/mol. The predicted octanol–water partition coefficient (Wildman–Crippen LogP) is 4.01. The second kappa shape index (κ2) is 10.2. The summed E-state index contributed by atoms with van der Waals surface area (Å²) in [5.41, 5.74) is 4.33. The number of anilines is 3. The molecule has 2 N–H and O–H groups in total. The average molecular weight is 486 g/mol. The van der Waals surface area contributed by atoms with E-state index < -0.39 is 0 Å². The van der Waals surface area contributed by atoms with Crippen molar-refractivity contribution in [2.45, 2.75) is 6.92 Å². The first-order valence-corrected chi connectivity index (χ1v) is 12.2. The summed E-state index contributed by atoms with van der Waals surface area (Å²) >= 11 is 0. The minimum absolute atomic E-state index is 0.260. The van der Waals surface area contributed by atoms with Crippen LogP contribution >= 0.6 is 0 Å². The SMILES string of the molecule is CCN1CCN(c2ccccc2Nc2nc3cc(Oc4ccnc(C(=O)NC)c4)ccc3n2C)CC1. The molecule has 0 saturated carbocycles. The van der Waals surface area contributed by atoms with E-state index in [-0.39, 0.29) is 5.91 Å². The second-order valence-electron chi connectivity index (χ2n) is 8.77. The smallest absolute Gasteiger partial charge is 0.269 e. The molecule has 0 bridgehead atoms. The maximum absolute atomic E-state index is 11.9. The van der Waals surface area contributed by atoms with Crippen molar-refractivity contribution in [2.24, 2.45) is 7.05 Å². The van der Waals surface area contributed by atoms with E-state index in [4.69, 9.17) is 9.72 Å². The Morgan fingerprint density at radius 2 is 1.81 bits per heavy atom. The topological polar surface area (TPSA) is 87.6 Å². The summed E-state index contributed by atoms with van der Waals surface area (Å²) in [5.74, 6) is 1.67. The molecule has 36 heavy (non-hydrogen) atoms. The molecule has 0 radical (unpaired) electrons. The molecule has 1 aliphatic heterocycles. The number of likely N-dealkylation sites (N-methyl/N-ethyl adjacent to an activating group) is 1. The van der Waals surface area contributed by atoms with Gasteiger partial charge in [0.1, 0.15) is 17.2 Å². The lowest BCUT2D eigenvalue weighted by Gasteiger charge is -2.36. The number of hydrogen-bond acceptors (Lipinski definition) is 7. The van der Waals surface area contributed by atoms with Crippen molar-refractivity contribution in [1.82, 2.24) is 24.8 Å². The number of nitrogens with one attached hydrogen (secondary N) is 2. The fraction of sp³-hybridized carbons (Fsp3) is 0.296. The van der Waals surface area contributed by atoms with E-state index in [9.17, 15) is 4.79 Å². The highest BCUT2D eigenvalue weighted by molar-refractivity contribution is 5.92. The Labute approximate surface area is 210 Å². The van der Waals surface area contributed by atoms with Crippen LogP contribution in [-0.4, -0.2) is 65.1 Å². The number of carbonyl (C=O) groups is 1. The van der Waals surface area contributed by atoms with Crippen molar-refractivity contribution in [1.29, 1.82) is 0 Å². The van der Waals surface area contributed by atoms with Gasteiger partial charge >= 0.3 is 0 Å². The number of nitrogens with zero attached hydrogens (tertiary/aromatic N) is 5. The van der Waals surface area contributed by atoms with E-state index in [0.717, 1.165) is 55.4 Å². The quantitative estimate of drug-likeness (QED) is 0.409. The van der Waals surface area contributed by atoms with Gasteiger partial charge in [0.2, 0.25) is 5.95 Å². The second-order valence-corrected chi connectivity index (χ2v) is 8.77. The number of hydrogen-bond donors (Lipinski definition) is 2. The Kier molecular flexibility index (Phi) is 6.73. The third-order valence-corrected chi connectivity index (χ3v) is 6.59. The van der Waals surface area contributed by atoms with E-state index >= 15 is 0 Å².